The van der Waals surface area contributed by atoms with Crippen LogP contribution in [-0.4, -0.2) is 26.1 Å². The average molecular weight is 275 g/mol. The van der Waals surface area contributed by atoms with Crippen LogP contribution in [0.1, 0.15) is 50.2 Å². The average Bonchev–Trinajstić information content (AvgIpc) is 3.01. The van der Waals surface area contributed by atoms with Crippen LogP contribution in [0.2, 0.25) is 0 Å². The summed E-state index contributed by atoms with van der Waals surface area (Å²) in [6, 6.07) is 2.46. The maximum absolute atomic E-state index is 4.57. The monoisotopic (exact) mass is 275 g/mol. The summed E-state index contributed by atoms with van der Waals surface area (Å²) in [5.74, 6) is 0. The van der Waals surface area contributed by atoms with Gasteiger partial charge in [0.15, 0.2) is 0 Å². The molecule has 0 radical (unpaired) electrons. The quantitative estimate of drug-likeness (QED) is 0.790. The first kappa shape index (κ1) is 14.8. The second-order valence-electron chi connectivity index (χ2n) is 5.47. The van der Waals surface area contributed by atoms with Crippen molar-refractivity contribution in [3.05, 3.63) is 35.4 Å². The lowest BCUT2D eigenvalue weighted by Crippen LogP contribution is -2.14. The molecular weight excluding hydrogens is 250 g/mol. The summed E-state index contributed by atoms with van der Waals surface area (Å²) in [4.78, 5) is 0. The van der Waals surface area contributed by atoms with Crippen molar-refractivity contribution in [3.8, 4) is 0 Å². The van der Waals surface area contributed by atoms with Crippen LogP contribution in [0.5, 0.6) is 0 Å². The molecule has 0 aliphatic carbocycles. The highest BCUT2D eigenvalue weighted by Gasteiger charge is 2.08. The summed E-state index contributed by atoms with van der Waals surface area (Å²) in [7, 11) is 0. The molecule has 1 N–H and O–H groups in total. The first-order chi connectivity index (χ1) is 9.61. The van der Waals surface area contributed by atoms with Gasteiger partial charge >= 0.3 is 0 Å². The van der Waals surface area contributed by atoms with Gasteiger partial charge in [-0.05, 0) is 39.8 Å². The zero-order valence-electron chi connectivity index (χ0n) is 12.9. The van der Waals surface area contributed by atoms with Crippen molar-refractivity contribution < 1.29 is 0 Å². The minimum absolute atomic E-state index is 0.399. The van der Waals surface area contributed by atoms with Crippen molar-refractivity contribution in [1.29, 1.82) is 0 Å². The van der Waals surface area contributed by atoms with E-state index in [1.807, 2.05) is 21.8 Å². The van der Waals surface area contributed by atoms with E-state index < -0.39 is 0 Å². The largest absolute Gasteiger partial charge is 0.313 e. The third-order valence-corrected chi connectivity index (χ3v) is 3.45. The highest BCUT2D eigenvalue weighted by Crippen LogP contribution is 2.10. The molecule has 2 aromatic heterocycles. The predicted molar refractivity (Wildman–Crippen MR) is 80.7 cm³/mol. The van der Waals surface area contributed by atoms with E-state index in [-0.39, 0.29) is 0 Å². The van der Waals surface area contributed by atoms with Crippen LogP contribution in [-0.2, 0) is 13.1 Å². The van der Waals surface area contributed by atoms with Gasteiger partial charge in [-0.2, -0.15) is 10.2 Å². The highest BCUT2D eigenvalue weighted by molar-refractivity contribution is 5.17. The second-order valence-corrected chi connectivity index (χ2v) is 5.47. The first-order valence-corrected chi connectivity index (χ1v) is 7.37. The maximum Gasteiger partial charge on any atom is 0.0852 e. The van der Waals surface area contributed by atoms with E-state index in [0.29, 0.717) is 6.04 Å². The molecule has 0 saturated heterocycles. The fourth-order valence-corrected chi connectivity index (χ4v) is 2.12. The van der Waals surface area contributed by atoms with Gasteiger partial charge in [-0.3, -0.25) is 9.36 Å². The molecule has 0 spiro atoms. The van der Waals surface area contributed by atoms with E-state index in [0.717, 1.165) is 31.7 Å². The molecule has 0 aliphatic heterocycles. The molecule has 0 atom stereocenters. The van der Waals surface area contributed by atoms with Crippen LogP contribution in [0.15, 0.2) is 18.5 Å². The van der Waals surface area contributed by atoms with Crippen LogP contribution in [0.25, 0.3) is 0 Å². The van der Waals surface area contributed by atoms with Gasteiger partial charge in [0.2, 0.25) is 0 Å². The van der Waals surface area contributed by atoms with Crippen molar-refractivity contribution in [2.24, 2.45) is 0 Å². The zero-order valence-corrected chi connectivity index (χ0v) is 12.9. The van der Waals surface area contributed by atoms with E-state index in [9.17, 15) is 0 Å². The topological polar surface area (TPSA) is 47.7 Å². The Morgan fingerprint density at radius 1 is 1.35 bits per heavy atom. The van der Waals surface area contributed by atoms with Gasteiger partial charge in [-0.1, -0.05) is 6.92 Å². The summed E-state index contributed by atoms with van der Waals surface area (Å²) >= 11 is 0. The minimum Gasteiger partial charge on any atom is -0.313 e. The van der Waals surface area contributed by atoms with Crippen molar-refractivity contribution in [2.75, 3.05) is 6.54 Å². The Bertz CT molecular complexity index is 538. The Labute approximate surface area is 121 Å². The molecule has 0 fully saturated rings. The molecule has 5 nitrogen and oxygen atoms in total. The van der Waals surface area contributed by atoms with Gasteiger partial charge < -0.3 is 5.32 Å². The number of rotatable bonds is 7. The smallest absolute Gasteiger partial charge is 0.0852 e. The normalized spacial score (nSPS) is 11.4. The van der Waals surface area contributed by atoms with Gasteiger partial charge in [0.05, 0.1) is 18.4 Å². The highest BCUT2D eigenvalue weighted by atomic mass is 15.3. The first-order valence-electron chi connectivity index (χ1n) is 7.37. The summed E-state index contributed by atoms with van der Waals surface area (Å²) in [5, 5.41) is 12.5. The molecule has 0 saturated carbocycles. The number of hydrogen-bond acceptors (Lipinski definition) is 3. The van der Waals surface area contributed by atoms with Crippen LogP contribution in [0, 0.1) is 6.92 Å². The van der Waals surface area contributed by atoms with Crippen LogP contribution in [0.4, 0.5) is 0 Å². The number of nitrogens with one attached hydrogen (secondary N) is 1. The third kappa shape index (κ3) is 3.48. The van der Waals surface area contributed by atoms with E-state index in [1.54, 1.807) is 0 Å². The van der Waals surface area contributed by atoms with Crippen LogP contribution < -0.4 is 5.32 Å². The van der Waals surface area contributed by atoms with Gasteiger partial charge in [0.25, 0.3) is 0 Å². The van der Waals surface area contributed by atoms with Gasteiger partial charge in [0, 0.05) is 30.0 Å². The fourth-order valence-electron chi connectivity index (χ4n) is 2.12. The van der Waals surface area contributed by atoms with Crippen LogP contribution in [0.3, 0.4) is 0 Å². The Balaban J connectivity index is 2.02. The van der Waals surface area contributed by atoms with E-state index in [4.69, 9.17) is 0 Å². The molecule has 110 valence electrons. The fraction of sp³-hybridized carbons (Fsp3) is 0.600. The van der Waals surface area contributed by atoms with Crippen molar-refractivity contribution in [1.82, 2.24) is 24.9 Å². The molecule has 0 unspecified atom stereocenters. The molecule has 0 bridgehead atoms. The predicted octanol–water partition coefficient (Wildman–Crippen LogP) is 2.52. The zero-order chi connectivity index (χ0) is 14.5. The molecule has 20 heavy (non-hydrogen) atoms. The molecule has 0 aromatic carbocycles. The SMILES string of the molecule is CCCNCc1cnn(Cc2ccn(C(C)C)n2)c1C. The van der Waals surface area contributed by atoms with Crippen LogP contribution >= 0.6 is 0 Å². The Morgan fingerprint density at radius 2 is 2.15 bits per heavy atom. The lowest BCUT2D eigenvalue weighted by atomic mass is 10.2. The maximum atomic E-state index is 4.57. The third-order valence-electron chi connectivity index (χ3n) is 3.45. The summed E-state index contributed by atoms with van der Waals surface area (Å²) in [6.07, 6.45) is 5.14. The lowest BCUT2D eigenvalue weighted by molar-refractivity contribution is 0.519. The Kier molecular flexibility index (Phi) is 4.95. The molecule has 2 aromatic rings. The number of nitrogens with zero attached hydrogens (tertiary/aromatic N) is 4. The van der Waals surface area contributed by atoms with E-state index in [1.165, 1.54) is 11.3 Å². The molecule has 5 heteroatoms. The molecule has 0 amide bonds. The Morgan fingerprint density at radius 3 is 2.80 bits per heavy atom. The summed E-state index contributed by atoms with van der Waals surface area (Å²) in [6.45, 7) is 11.2. The van der Waals surface area contributed by atoms with Crippen molar-refractivity contribution in [3.63, 3.8) is 0 Å². The van der Waals surface area contributed by atoms with Gasteiger partial charge in [-0.15, -0.1) is 0 Å². The molecule has 0 aliphatic rings. The standard InChI is InChI=1S/C15H25N5/c1-5-7-16-9-14-10-17-20(13(14)4)11-15-6-8-19(18-15)12(2)3/h6,8,10,12,16H,5,7,9,11H2,1-4H3. The van der Waals surface area contributed by atoms with Gasteiger partial charge in [0.1, 0.15) is 0 Å². The molecule has 2 heterocycles. The van der Waals surface area contributed by atoms with Crippen molar-refractivity contribution in [2.45, 2.75) is 53.2 Å². The lowest BCUT2D eigenvalue weighted by Gasteiger charge is -2.06. The number of aromatic nitrogens is 4. The van der Waals surface area contributed by atoms with Crippen molar-refractivity contribution >= 4 is 0 Å². The molecular formula is C15H25N5. The summed E-state index contributed by atoms with van der Waals surface area (Å²) < 4.78 is 4.01. The number of hydrogen-bond donors (Lipinski definition) is 1. The van der Waals surface area contributed by atoms with Gasteiger partial charge in [-0.25, -0.2) is 0 Å². The second kappa shape index (κ2) is 6.70. The minimum atomic E-state index is 0.399. The van der Waals surface area contributed by atoms with E-state index >= 15 is 0 Å². The summed E-state index contributed by atoms with van der Waals surface area (Å²) in [5.41, 5.74) is 3.53. The van der Waals surface area contributed by atoms with E-state index in [2.05, 4.69) is 49.3 Å². The molecule has 2 rings (SSSR count). The Hall–Kier alpha value is -1.62.